The average molecular weight is 244 g/mol. The molecule has 0 aliphatic heterocycles. The van der Waals surface area contributed by atoms with Crippen LogP contribution in [-0.4, -0.2) is 32.1 Å². The van der Waals surface area contributed by atoms with Gasteiger partial charge in [0.25, 0.3) is 0 Å². The first kappa shape index (κ1) is 11.7. The van der Waals surface area contributed by atoms with Gasteiger partial charge in [0.1, 0.15) is 11.4 Å². The highest BCUT2D eigenvalue weighted by molar-refractivity contribution is 5.92. The smallest absolute Gasteiger partial charge is 0.354 e. The molecule has 0 unspecified atom stereocenters. The van der Waals surface area contributed by atoms with Gasteiger partial charge in [-0.2, -0.15) is 0 Å². The SMILES string of the molecule is O=C(O)c1cc(-c2cccnc2)cc(C(=O)O)n1. The van der Waals surface area contributed by atoms with E-state index in [1.165, 1.54) is 18.3 Å². The summed E-state index contributed by atoms with van der Waals surface area (Å²) in [6, 6.07) is 6.01. The van der Waals surface area contributed by atoms with E-state index in [0.29, 0.717) is 11.1 Å². The molecule has 6 nitrogen and oxygen atoms in total. The van der Waals surface area contributed by atoms with Crippen LogP contribution in [0.1, 0.15) is 21.0 Å². The largest absolute Gasteiger partial charge is 0.477 e. The molecule has 2 aromatic heterocycles. The van der Waals surface area contributed by atoms with Crippen LogP contribution in [-0.2, 0) is 0 Å². The van der Waals surface area contributed by atoms with Crippen molar-refractivity contribution < 1.29 is 19.8 Å². The normalized spacial score (nSPS) is 10.0. The third-order valence-corrected chi connectivity index (χ3v) is 2.26. The van der Waals surface area contributed by atoms with Gasteiger partial charge in [0.2, 0.25) is 0 Å². The van der Waals surface area contributed by atoms with Crippen molar-refractivity contribution in [3.8, 4) is 11.1 Å². The Balaban J connectivity index is 2.61. The Morgan fingerprint density at radius 3 is 2.06 bits per heavy atom. The number of carboxylic acid groups (broad SMARTS) is 2. The highest BCUT2D eigenvalue weighted by atomic mass is 16.4. The van der Waals surface area contributed by atoms with Crippen LogP contribution in [0.3, 0.4) is 0 Å². The van der Waals surface area contributed by atoms with Crippen LogP contribution in [0.25, 0.3) is 11.1 Å². The molecule has 0 aromatic carbocycles. The first-order valence-electron chi connectivity index (χ1n) is 4.97. The van der Waals surface area contributed by atoms with Crippen molar-refractivity contribution in [2.24, 2.45) is 0 Å². The fourth-order valence-electron chi connectivity index (χ4n) is 1.45. The number of aromatic nitrogens is 2. The monoisotopic (exact) mass is 244 g/mol. The minimum atomic E-state index is -1.27. The Morgan fingerprint density at radius 1 is 1.00 bits per heavy atom. The lowest BCUT2D eigenvalue weighted by Crippen LogP contribution is -2.07. The molecule has 0 saturated heterocycles. The molecule has 0 radical (unpaired) electrons. The first-order chi connectivity index (χ1) is 8.58. The fourth-order valence-corrected chi connectivity index (χ4v) is 1.45. The predicted molar refractivity (Wildman–Crippen MR) is 61.4 cm³/mol. The number of carboxylic acids is 2. The zero-order valence-corrected chi connectivity index (χ0v) is 9.07. The van der Waals surface area contributed by atoms with Crippen molar-refractivity contribution in [2.45, 2.75) is 0 Å². The first-order valence-corrected chi connectivity index (χ1v) is 4.97. The maximum Gasteiger partial charge on any atom is 0.354 e. The number of pyridine rings is 2. The molecule has 0 spiro atoms. The molecule has 0 bridgehead atoms. The third-order valence-electron chi connectivity index (χ3n) is 2.26. The molecule has 6 heteroatoms. The summed E-state index contributed by atoms with van der Waals surface area (Å²) in [5.41, 5.74) is 0.459. The summed E-state index contributed by atoms with van der Waals surface area (Å²) < 4.78 is 0. The van der Waals surface area contributed by atoms with Crippen LogP contribution < -0.4 is 0 Å². The maximum absolute atomic E-state index is 10.9. The van der Waals surface area contributed by atoms with Crippen molar-refractivity contribution in [1.82, 2.24) is 9.97 Å². The Bertz CT molecular complexity index is 578. The molecule has 90 valence electrons. The topological polar surface area (TPSA) is 100 Å². The van der Waals surface area contributed by atoms with Crippen LogP contribution in [0, 0.1) is 0 Å². The van der Waals surface area contributed by atoms with E-state index in [-0.39, 0.29) is 11.4 Å². The number of aromatic carboxylic acids is 2. The number of rotatable bonds is 3. The van der Waals surface area contributed by atoms with Gasteiger partial charge >= 0.3 is 11.9 Å². The number of carbonyl (C=O) groups is 2. The molecule has 0 atom stereocenters. The average Bonchev–Trinajstić information content (AvgIpc) is 2.39. The molecule has 2 aromatic rings. The van der Waals surface area contributed by atoms with Crippen molar-refractivity contribution in [3.63, 3.8) is 0 Å². The molecular formula is C12H8N2O4. The molecule has 0 aliphatic carbocycles. The Hall–Kier alpha value is -2.76. The zero-order chi connectivity index (χ0) is 13.1. The number of nitrogens with zero attached hydrogens (tertiary/aromatic N) is 2. The number of hydrogen-bond donors (Lipinski definition) is 2. The van der Waals surface area contributed by atoms with Crippen LogP contribution in [0.15, 0.2) is 36.7 Å². The van der Waals surface area contributed by atoms with E-state index in [1.54, 1.807) is 18.3 Å². The molecular weight excluding hydrogens is 236 g/mol. The molecule has 2 rings (SSSR count). The zero-order valence-electron chi connectivity index (χ0n) is 9.07. The predicted octanol–water partition coefficient (Wildman–Crippen LogP) is 1.54. The van der Waals surface area contributed by atoms with E-state index in [4.69, 9.17) is 10.2 Å². The van der Waals surface area contributed by atoms with Crippen LogP contribution in [0.5, 0.6) is 0 Å². The van der Waals surface area contributed by atoms with Crippen molar-refractivity contribution in [1.29, 1.82) is 0 Å². The summed E-state index contributed by atoms with van der Waals surface area (Å²) in [7, 11) is 0. The van der Waals surface area contributed by atoms with Gasteiger partial charge in [0.15, 0.2) is 0 Å². The molecule has 0 aliphatic rings. The van der Waals surface area contributed by atoms with E-state index in [0.717, 1.165) is 0 Å². The maximum atomic E-state index is 10.9. The molecule has 18 heavy (non-hydrogen) atoms. The summed E-state index contributed by atoms with van der Waals surface area (Å²) in [4.78, 5) is 29.2. The van der Waals surface area contributed by atoms with Gasteiger partial charge in [-0.3, -0.25) is 4.98 Å². The lowest BCUT2D eigenvalue weighted by molar-refractivity contribution is 0.0685. The second-order valence-electron chi connectivity index (χ2n) is 3.48. The lowest BCUT2D eigenvalue weighted by Gasteiger charge is -2.04. The van der Waals surface area contributed by atoms with E-state index >= 15 is 0 Å². The fraction of sp³-hybridized carbons (Fsp3) is 0. The van der Waals surface area contributed by atoms with Crippen molar-refractivity contribution in [3.05, 3.63) is 48.0 Å². The Kier molecular flexibility index (Phi) is 3.01. The lowest BCUT2D eigenvalue weighted by atomic mass is 10.1. The summed E-state index contributed by atoms with van der Waals surface area (Å²) in [5.74, 6) is -2.55. The third kappa shape index (κ3) is 2.32. The summed E-state index contributed by atoms with van der Waals surface area (Å²) in [5, 5.41) is 17.8. The van der Waals surface area contributed by atoms with Gasteiger partial charge in [-0.1, -0.05) is 6.07 Å². The summed E-state index contributed by atoms with van der Waals surface area (Å²) >= 11 is 0. The second kappa shape index (κ2) is 4.62. The van der Waals surface area contributed by atoms with Gasteiger partial charge in [-0.15, -0.1) is 0 Å². The van der Waals surface area contributed by atoms with Gasteiger partial charge < -0.3 is 10.2 Å². The van der Waals surface area contributed by atoms with E-state index < -0.39 is 11.9 Å². The minimum absolute atomic E-state index is 0.311. The molecule has 2 heterocycles. The van der Waals surface area contributed by atoms with E-state index in [2.05, 4.69) is 9.97 Å². The van der Waals surface area contributed by atoms with Gasteiger partial charge in [0.05, 0.1) is 0 Å². The second-order valence-corrected chi connectivity index (χ2v) is 3.48. The van der Waals surface area contributed by atoms with Crippen molar-refractivity contribution >= 4 is 11.9 Å². The molecule has 0 amide bonds. The summed E-state index contributed by atoms with van der Waals surface area (Å²) in [6.45, 7) is 0. The van der Waals surface area contributed by atoms with Gasteiger partial charge in [0, 0.05) is 18.0 Å². The molecule has 0 fully saturated rings. The standard InChI is InChI=1S/C12H8N2O4/c15-11(16)9-4-8(5-10(14-9)12(17)18)7-2-1-3-13-6-7/h1-6H,(H,15,16)(H,17,18). The highest BCUT2D eigenvalue weighted by Crippen LogP contribution is 2.20. The molecule has 2 N–H and O–H groups in total. The van der Waals surface area contributed by atoms with E-state index in [1.807, 2.05) is 0 Å². The van der Waals surface area contributed by atoms with E-state index in [9.17, 15) is 9.59 Å². The summed E-state index contributed by atoms with van der Waals surface area (Å²) in [6.07, 6.45) is 3.09. The Labute approximate surface area is 102 Å². The van der Waals surface area contributed by atoms with Crippen LogP contribution in [0.2, 0.25) is 0 Å². The Morgan fingerprint density at radius 2 is 1.61 bits per heavy atom. The van der Waals surface area contributed by atoms with Gasteiger partial charge in [-0.25, -0.2) is 14.6 Å². The number of hydrogen-bond acceptors (Lipinski definition) is 4. The minimum Gasteiger partial charge on any atom is -0.477 e. The highest BCUT2D eigenvalue weighted by Gasteiger charge is 2.14. The van der Waals surface area contributed by atoms with Crippen LogP contribution >= 0.6 is 0 Å². The quantitative estimate of drug-likeness (QED) is 0.849. The van der Waals surface area contributed by atoms with Crippen molar-refractivity contribution in [2.75, 3.05) is 0 Å². The van der Waals surface area contributed by atoms with Gasteiger partial charge in [-0.05, 0) is 23.8 Å². The van der Waals surface area contributed by atoms with Crippen LogP contribution in [0.4, 0.5) is 0 Å². The molecule has 0 saturated carbocycles.